The van der Waals surface area contributed by atoms with Gasteiger partial charge in [-0.05, 0) is 12.8 Å². The third kappa shape index (κ3) is 0.585. The molecule has 0 aromatic heterocycles. The van der Waals surface area contributed by atoms with Crippen LogP contribution in [0.1, 0.15) is 13.8 Å². The predicted octanol–water partition coefficient (Wildman–Crippen LogP) is 1.40. The zero-order valence-electron chi connectivity index (χ0n) is 5.27. The van der Waals surface area contributed by atoms with Crippen LogP contribution in [-0.2, 0) is 4.79 Å². The van der Waals surface area contributed by atoms with Crippen LogP contribution in [0.4, 0.5) is 0 Å². The van der Waals surface area contributed by atoms with Gasteiger partial charge in [0.25, 0.3) is 0 Å². The van der Waals surface area contributed by atoms with Gasteiger partial charge in [-0.25, -0.2) is 0 Å². The first-order chi connectivity index (χ1) is 3.64. The van der Waals surface area contributed by atoms with E-state index in [0.717, 1.165) is 5.57 Å². The largest absolute Gasteiger partial charge is 0.299 e. The summed E-state index contributed by atoms with van der Waals surface area (Å²) in [6, 6.07) is 0. The van der Waals surface area contributed by atoms with Gasteiger partial charge in [0.15, 0.2) is 0 Å². The number of allylic oxidation sites excluding steroid dienone is 1. The van der Waals surface area contributed by atoms with E-state index >= 15 is 0 Å². The van der Waals surface area contributed by atoms with Crippen molar-refractivity contribution in [2.45, 2.75) is 13.8 Å². The molecule has 8 heavy (non-hydrogen) atoms. The summed E-state index contributed by atoms with van der Waals surface area (Å²) in [7, 11) is 0. The fraction of sp³-hybridized carbons (Fsp3) is 0.571. The quantitative estimate of drug-likeness (QED) is 0.466. The molecule has 1 heteroatoms. The number of carbonyl (C=O) groups excluding carboxylic acids is 1. The Morgan fingerprint density at radius 2 is 2.12 bits per heavy atom. The highest BCUT2D eigenvalue weighted by Gasteiger charge is 2.41. The molecule has 0 radical (unpaired) electrons. The Balaban J connectivity index is 2.57. The van der Waals surface area contributed by atoms with E-state index in [-0.39, 0.29) is 11.7 Å². The van der Waals surface area contributed by atoms with Crippen molar-refractivity contribution in [2.24, 2.45) is 11.8 Å². The van der Waals surface area contributed by atoms with E-state index in [1.54, 1.807) is 6.92 Å². The molecule has 0 saturated heterocycles. The third-order valence-electron chi connectivity index (χ3n) is 1.81. The average Bonchev–Trinajstić information content (AvgIpc) is 2.15. The van der Waals surface area contributed by atoms with Crippen LogP contribution in [0.15, 0.2) is 12.2 Å². The summed E-state index contributed by atoms with van der Waals surface area (Å²) < 4.78 is 0. The molecule has 0 aromatic rings. The molecule has 0 aromatic carbocycles. The van der Waals surface area contributed by atoms with E-state index in [0.29, 0.717) is 5.92 Å². The summed E-state index contributed by atoms with van der Waals surface area (Å²) in [6.07, 6.45) is 0. The van der Waals surface area contributed by atoms with E-state index in [1.807, 2.05) is 6.92 Å². The smallest absolute Gasteiger partial charge is 0.137 e. The van der Waals surface area contributed by atoms with Crippen molar-refractivity contribution in [3.05, 3.63) is 12.2 Å². The summed E-state index contributed by atoms with van der Waals surface area (Å²) in [5, 5.41) is 0. The molecule has 0 spiro atoms. The first kappa shape index (κ1) is 5.54. The van der Waals surface area contributed by atoms with Crippen LogP contribution in [0.2, 0.25) is 0 Å². The minimum Gasteiger partial charge on any atom is -0.299 e. The lowest BCUT2D eigenvalue weighted by molar-refractivity contribution is -0.118. The number of hydrogen-bond donors (Lipinski definition) is 0. The van der Waals surface area contributed by atoms with Crippen molar-refractivity contribution >= 4 is 5.78 Å². The lowest BCUT2D eigenvalue weighted by atomic mass is 10.2. The summed E-state index contributed by atoms with van der Waals surface area (Å²) in [5.41, 5.74) is 1.11. The van der Waals surface area contributed by atoms with Crippen LogP contribution in [0, 0.1) is 11.8 Å². The zero-order chi connectivity index (χ0) is 6.31. The molecule has 1 saturated carbocycles. The van der Waals surface area contributed by atoms with Gasteiger partial charge in [0.05, 0.1) is 0 Å². The molecule has 0 bridgehead atoms. The molecule has 0 amide bonds. The molecule has 1 aliphatic carbocycles. The highest BCUT2D eigenvalue weighted by molar-refractivity contribution is 5.86. The van der Waals surface area contributed by atoms with Crippen LogP contribution >= 0.6 is 0 Å². The van der Waals surface area contributed by atoms with Gasteiger partial charge in [-0.15, -0.1) is 0 Å². The van der Waals surface area contributed by atoms with Gasteiger partial charge in [0.2, 0.25) is 0 Å². The van der Waals surface area contributed by atoms with E-state index in [1.165, 1.54) is 0 Å². The van der Waals surface area contributed by atoms with Crippen molar-refractivity contribution in [1.29, 1.82) is 0 Å². The van der Waals surface area contributed by atoms with E-state index in [9.17, 15) is 4.79 Å². The van der Waals surface area contributed by atoms with Crippen molar-refractivity contribution in [3.63, 3.8) is 0 Å². The second-order valence-corrected chi connectivity index (χ2v) is 2.45. The van der Waals surface area contributed by atoms with Gasteiger partial charge in [0.1, 0.15) is 5.78 Å². The SMILES string of the molecule is C=C1[C@@H](C(C)=O)[C@@H]1C. The lowest BCUT2D eigenvalue weighted by Gasteiger charge is -1.79. The lowest BCUT2D eigenvalue weighted by Crippen LogP contribution is -1.92. The van der Waals surface area contributed by atoms with Crippen LogP contribution in [0.3, 0.4) is 0 Å². The molecule has 1 fully saturated rings. The highest BCUT2D eigenvalue weighted by atomic mass is 16.1. The van der Waals surface area contributed by atoms with Crippen LogP contribution in [-0.4, -0.2) is 5.78 Å². The average molecular weight is 110 g/mol. The molecule has 0 unspecified atom stereocenters. The van der Waals surface area contributed by atoms with Crippen molar-refractivity contribution in [2.75, 3.05) is 0 Å². The van der Waals surface area contributed by atoms with E-state index in [4.69, 9.17) is 0 Å². The first-order valence-corrected chi connectivity index (χ1v) is 2.83. The second kappa shape index (κ2) is 1.44. The van der Waals surface area contributed by atoms with E-state index < -0.39 is 0 Å². The van der Waals surface area contributed by atoms with Crippen molar-refractivity contribution < 1.29 is 4.79 Å². The van der Waals surface area contributed by atoms with Gasteiger partial charge < -0.3 is 0 Å². The highest BCUT2D eigenvalue weighted by Crippen LogP contribution is 2.43. The predicted molar refractivity (Wildman–Crippen MR) is 32.5 cm³/mol. The molecular formula is C7H10O. The molecular weight excluding hydrogens is 100 g/mol. The Bertz CT molecular complexity index is 138. The van der Waals surface area contributed by atoms with Crippen LogP contribution in [0.25, 0.3) is 0 Å². The van der Waals surface area contributed by atoms with Crippen molar-refractivity contribution in [3.8, 4) is 0 Å². The zero-order valence-corrected chi connectivity index (χ0v) is 5.27. The summed E-state index contributed by atoms with van der Waals surface area (Å²) in [4.78, 5) is 10.6. The van der Waals surface area contributed by atoms with Gasteiger partial charge in [-0.2, -0.15) is 0 Å². The van der Waals surface area contributed by atoms with E-state index in [2.05, 4.69) is 6.58 Å². The molecule has 0 heterocycles. The summed E-state index contributed by atoms with van der Waals surface area (Å²) in [5.74, 6) is 0.935. The number of ketones is 1. The maximum absolute atomic E-state index is 10.6. The minimum absolute atomic E-state index is 0.204. The van der Waals surface area contributed by atoms with Gasteiger partial charge in [-0.1, -0.05) is 19.1 Å². The topological polar surface area (TPSA) is 17.1 Å². The van der Waals surface area contributed by atoms with Gasteiger partial charge >= 0.3 is 0 Å². The Hall–Kier alpha value is -0.590. The number of carbonyl (C=O) groups is 1. The Morgan fingerprint density at radius 3 is 2.12 bits per heavy atom. The van der Waals surface area contributed by atoms with Crippen LogP contribution in [0.5, 0.6) is 0 Å². The molecule has 0 N–H and O–H groups in total. The second-order valence-electron chi connectivity index (χ2n) is 2.45. The van der Waals surface area contributed by atoms with Crippen LogP contribution < -0.4 is 0 Å². The Labute approximate surface area is 49.4 Å². The number of rotatable bonds is 1. The van der Waals surface area contributed by atoms with Gasteiger partial charge in [0, 0.05) is 5.92 Å². The first-order valence-electron chi connectivity index (χ1n) is 2.83. The maximum Gasteiger partial charge on any atom is 0.137 e. The Kier molecular flexibility index (Phi) is 0.999. The molecule has 1 aliphatic rings. The third-order valence-corrected chi connectivity index (χ3v) is 1.81. The normalized spacial score (nSPS) is 35.0. The Morgan fingerprint density at radius 1 is 1.75 bits per heavy atom. The number of Topliss-reactive ketones (excluding diaryl/α,β-unsaturated/α-hetero) is 1. The maximum atomic E-state index is 10.6. The van der Waals surface area contributed by atoms with Gasteiger partial charge in [-0.3, -0.25) is 4.79 Å². The molecule has 0 aliphatic heterocycles. The minimum atomic E-state index is 0.204. The molecule has 2 atom stereocenters. The molecule has 1 rings (SSSR count). The van der Waals surface area contributed by atoms with Crippen molar-refractivity contribution in [1.82, 2.24) is 0 Å². The monoisotopic (exact) mass is 110 g/mol. The summed E-state index contributed by atoms with van der Waals surface area (Å²) in [6.45, 7) is 7.39. The standard InChI is InChI=1S/C7H10O/c1-4-5(2)7(4)6(3)8/h5,7H,1H2,2-3H3/t5-,7-/m1/s1. The fourth-order valence-electron chi connectivity index (χ4n) is 1.08. The molecule has 1 nitrogen and oxygen atoms in total. The number of hydrogen-bond acceptors (Lipinski definition) is 1. The molecule has 44 valence electrons. The fourth-order valence-corrected chi connectivity index (χ4v) is 1.08. The summed E-state index contributed by atoms with van der Waals surface area (Å²) >= 11 is 0.